The van der Waals surface area contributed by atoms with Gasteiger partial charge in [-0.05, 0) is 66.2 Å². The molecule has 0 radical (unpaired) electrons. The summed E-state index contributed by atoms with van der Waals surface area (Å²) < 4.78 is 6.21. The third kappa shape index (κ3) is 3.54. The van der Waals surface area contributed by atoms with Crippen LogP contribution >= 0.6 is 0 Å². The van der Waals surface area contributed by atoms with E-state index in [1.807, 2.05) is 0 Å². The van der Waals surface area contributed by atoms with Gasteiger partial charge in [0.15, 0.2) is 5.88 Å². The maximum Gasteiger partial charge on any atom is 0.192 e. The Morgan fingerprint density at radius 1 is 1.03 bits per heavy atom. The summed E-state index contributed by atoms with van der Waals surface area (Å²) in [6.07, 6.45) is 3.81. The molecular formula is C26H28N2O. The molecular weight excluding hydrogens is 356 g/mol. The standard InChI is InChI=1S/C26H28N2O/c1-16-12-20(14-19-10-6-4-8-17(19)2)25-22(13-16)24(23(15-27)26(28)29-25)21-11-7-5-9-18(21)3/h4-11,14,24H,1,12-13,15,27-28H2,2-3H3/b20-14+. The second kappa shape index (κ2) is 7.76. The molecule has 0 bridgehead atoms. The Kier molecular flexibility index (Phi) is 5.16. The monoisotopic (exact) mass is 384 g/mol. The summed E-state index contributed by atoms with van der Waals surface area (Å²) in [5.74, 6) is 1.36. The zero-order chi connectivity index (χ0) is 20.5. The van der Waals surface area contributed by atoms with Crippen molar-refractivity contribution in [1.82, 2.24) is 0 Å². The highest BCUT2D eigenvalue weighted by Crippen LogP contribution is 2.48. The lowest BCUT2D eigenvalue weighted by Crippen LogP contribution is -2.28. The molecule has 29 heavy (non-hydrogen) atoms. The van der Waals surface area contributed by atoms with Gasteiger partial charge in [-0.25, -0.2) is 0 Å². The third-order valence-corrected chi connectivity index (χ3v) is 5.93. The molecule has 0 saturated carbocycles. The molecule has 0 saturated heterocycles. The van der Waals surface area contributed by atoms with Crippen LogP contribution in [0.25, 0.3) is 6.08 Å². The third-order valence-electron chi connectivity index (χ3n) is 5.93. The fraction of sp³-hybridized carbons (Fsp3) is 0.231. The van der Waals surface area contributed by atoms with Crippen LogP contribution in [0.5, 0.6) is 0 Å². The van der Waals surface area contributed by atoms with Crippen molar-refractivity contribution in [3.63, 3.8) is 0 Å². The second-order valence-corrected chi connectivity index (χ2v) is 7.97. The van der Waals surface area contributed by atoms with Crippen molar-refractivity contribution in [2.45, 2.75) is 32.6 Å². The van der Waals surface area contributed by atoms with E-state index in [4.69, 9.17) is 16.2 Å². The molecule has 4 rings (SSSR count). The summed E-state index contributed by atoms with van der Waals surface area (Å²) in [6, 6.07) is 16.8. The molecule has 0 aromatic heterocycles. The maximum atomic E-state index is 6.39. The summed E-state index contributed by atoms with van der Waals surface area (Å²) in [7, 11) is 0. The van der Waals surface area contributed by atoms with Gasteiger partial charge in [0.2, 0.25) is 0 Å². The lowest BCUT2D eigenvalue weighted by molar-refractivity contribution is 0.278. The van der Waals surface area contributed by atoms with Gasteiger partial charge in [-0.1, -0.05) is 60.7 Å². The molecule has 1 heterocycles. The molecule has 3 heteroatoms. The Labute approximate surface area is 173 Å². The zero-order valence-corrected chi connectivity index (χ0v) is 17.2. The molecule has 2 aromatic carbocycles. The molecule has 1 atom stereocenters. The van der Waals surface area contributed by atoms with Crippen molar-refractivity contribution in [2.24, 2.45) is 11.5 Å². The summed E-state index contributed by atoms with van der Waals surface area (Å²) in [4.78, 5) is 0. The van der Waals surface area contributed by atoms with Gasteiger partial charge < -0.3 is 16.2 Å². The molecule has 148 valence electrons. The number of allylic oxidation sites excluding steroid dienone is 3. The minimum atomic E-state index is 0.0299. The van der Waals surface area contributed by atoms with E-state index in [1.54, 1.807) is 0 Å². The lowest BCUT2D eigenvalue weighted by atomic mass is 9.74. The maximum absolute atomic E-state index is 6.39. The van der Waals surface area contributed by atoms with Gasteiger partial charge in [0, 0.05) is 18.0 Å². The van der Waals surface area contributed by atoms with Crippen molar-refractivity contribution < 1.29 is 4.74 Å². The highest BCUT2D eigenvalue weighted by Gasteiger charge is 2.36. The number of nitrogens with two attached hydrogens (primary N) is 2. The number of hydrogen-bond donors (Lipinski definition) is 2. The fourth-order valence-electron chi connectivity index (χ4n) is 4.42. The highest BCUT2D eigenvalue weighted by atomic mass is 16.5. The summed E-state index contributed by atoms with van der Waals surface area (Å²) in [5.41, 5.74) is 21.9. The average molecular weight is 385 g/mol. The summed E-state index contributed by atoms with van der Waals surface area (Å²) in [5, 5.41) is 0. The van der Waals surface area contributed by atoms with Gasteiger partial charge in [0.05, 0.1) is 0 Å². The van der Waals surface area contributed by atoms with Gasteiger partial charge >= 0.3 is 0 Å². The van der Waals surface area contributed by atoms with Crippen molar-refractivity contribution in [3.05, 3.63) is 111 Å². The average Bonchev–Trinajstić information content (AvgIpc) is 2.70. The van der Waals surface area contributed by atoms with Crippen LogP contribution < -0.4 is 11.5 Å². The second-order valence-electron chi connectivity index (χ2n) is 7.97. The smallest absolute Gasteiger partial charge is 0.192 e. The molecule has 1 unspecified atom stereocenters. The Balaban J connectivity index is 1.91. The first-order valence-corrected chi connectivity index (χ1v) is 10.1. The zero-order valence-electron chi connectivity index (χ0n) is 17.2. The Hall–Kier alpha value is -3.04. The predicted molar refractivity (Wildman–Crippen MR) is 120 cm³/mol. The Bertz CT molecular complexity index is 1070. The Morgan fingerprint density at radius 2 is 1.72 bits per heavy atom. The molecule has 2 aromatic rings. The fourth-order valence-corrected chi connectivity index (χ4v) is 4.42. The SMILES string of the molecule is C=C1CC2=C(OC(N)=C(CN)C2c2ccccc2C)/C(=C/c2ccccc2C)C1. The van der Waals surface area contributed by atoms with E-state index in [2.05, 4.69) is 75.0 Å². The first kappa shape index (κ1) is 19.3. The van der Waals surface area contributed by atoms with Crippen LogP contribution in [0.15, 0.2) is 89.0 Å². The number of rotatable bonds is 3. The van der Waals surface area contributed by atoms with Gasteiger partial charge in [0.1, 0.15) is 5.76 Å². The molecule has 2 aliphatic rings. The van der Waals surface area contributed by atoms with Crippen LogP contribution in [0.1, 0.15) is 41.0 Å². The van der Waals surface area contributed by atoms with Crippen LogP contribution in [-0.2, 0) is 4.74 Å². The minimum Gasteiger partial charge on any atom is -0.441 e. The van der Waals surface area contributed by atoms with E-state index in [-0.39, 0.29) is 5.92 Å². The van der Waals surface area contributed by atoms with E-state index < -0.39 is 0 Å². The first-order valence-electron chi connectivity index (χ1n) is 10.1. The van der Waals surface area contributed by atoms with Crippen LogP contribution in [0.2, 0.25) is 0 Å². The van der Waals surface area contributed by atoms with E-state index in [0.29, 0.717) is 12.4 Å². The van der Waals surface area contributed by atoms with Gasteiger partial charge in [-0.2, -0.15) is 0 Å². The van der Waals surface area contributed by atoms with E-state index in [9.17, 15) is 0 Å². The number of ether oxygens (including phenoxy) is 1. The quantitative estimate of drug-likeness (QED) is 0.712. The predicted octanol–water partition coefficient (Wildman–Crippen LogP) is 5.23. The molecule has 0 spiro atoms. The van der Waals surface area contributed by atoms with Crippen molar-refractivity contribution in [1.29, 1.82) is 0 Å². The Morgan fingerprint density at radius 3 is 2.41 bits per heavy atom. The number of aryl methyl sites for hydroxylation is 2. The molecule has 4 N–H and O–H groups in total. The largest absolute Gasteiger partial charge is 0.441 e. The molecule has 1 aliphatic heterocycles. The molecule has 1 aliphatic carbocycles. The summed E-state index contributed by atoms with van der Waals surface area (Å²) in [6.45, 7) is 8.96. The minimum absolute atomic E-state index is 0.0299. The topological polar surface area (TPSA) is 61.3 Å². The summed E-state index contributed by atoms with van der Waals surface area (Å²) >= 11 is 0. The van der Waals surface area contributed by atoms with Crippen molar-refractivity contribution in [3.8, 4) is 0 Å². The van der Waals surface area contributed by atoms with Gasteiger partial charge in [-0.3, -0.25) is 0 Å². The first-order chi connectivity index (χ1) is 14.0. The van der Waals surface area contributed by atoms with Crippen molar-refractivity contribution >= 4 is 6.08 Å². The number of benzene rings is 2. The normalized spacial score (nSPS) is 20.7. The van der Waals surface area contributed by atoms with Crippen molar-refractivity contribution in [2.75, 3.05) is 6.54 Å². The van der Waals surface area contributed by atoms with E-state index >= 15 is 0 Å². The highest BCUT2D eigenvalue weighted by molar-refractivity contribution is 5.65. The lowest BCUT2D eigenvalue weighted by Gasteiger charge is -2.36. The van der Waals surface area contributed by atoms with E-state index in [1.165, 1.54) is 33.4 Å². The number of hydrogen-bond acceptors (Lipinski definition) is 3. The molecule has 0 fully saturated rings. The molecule has 0 amide bonds. The van der Waals surface area contributed by atoms with E-state index in [0.717, 1.165) is 29.7 Å². The van der Waals surface area contributed by atoms with Gasteiger partial charge in [0.25, 0.3) is 0 Å². The molecule has 3 nitrogen and oxygen atoms in total. The van der Waals surface area contributed by atoms with Crippen LogP contribution in [0, 0.1) is 13.8 Å². The van der Waals surface area contributed by atoms with Crippen LogP contribution in [0.3, 0.4) is 0 Å². The van der Waals surface area contributed by atoms with Crippen LogP contribution in [0.4, 0.5) is 0 Å². The van der Waals surface area contributed by atoms with Gasteiger partial charge in [-0.15, -0.1) is 0 Å². The van der Waals surface area contributed by atoms with Crippen LogP contribution in [-0.4, -0.2) is 6.54 Å².